The molecule has 0 aliphatic carbocycles. The van der Waals surface area contributed by atoms with Crippen LogP contribution >= 0.6 is 0 Å². The van der Waals surface area contributed by atoms with Gasteiger partial charge in [0, 0.05) is 6.54 Å². The van der Waals surface area contributed by atoms with Crippen LogP contribution in [0, 0.1) is 11.8 Å². The SMILES string of the molecule is CC(C)C1CCN(CCCCN)C1. The van der Waals surface area contributed by atoms with Gasteiger partial charge in [0.05, 0.1) is 0 Å². The number of likely N-dealkylation sites (tertiary alicyclic amines) is 1. The van der Waals surface area contributed by atoms with Crippen molar-refractivity contribution in [3.05, 3.63) is 0 Å². The van der Waals surface area contributed by atoms with Crippen molar-refractivity contribution in [3.8, 4) is 0 Å². The largest absolute Gasteiger partial charge is 0.330 e. The van der Waals surface area contributed by atoms with Crippen LogP contribution in [0.1, 0.15) is 33.1 Å². The van der Waals surface area contributed by atoms with E-state index < -0.39 is 0 Å². The van der Waals surface area contributed by atoms with Crippen LogP contribution in [0.15, 0.2) is 0 Å². The van der Waals surface area contributed by atoms with Crippen LogP contribution in [0.5, 0.6) is 0 Å². The first kappa shape index (κ1) is 11.0. The maximum absolute atomic E-state index is 5.47. The van der Waals surface area contributed by atoms with Gasteiger partial charge >= 0.3 is 0 Å². The standard InChI is InChI=1S/C11H24N2/c1-10(2)11-5-8-13(9-11)7-4-3-6-12/h10-11H,3-9,12H2,1-2H3. The Morgan fingerprint density at radius 3 is 2.69 bits per heavy atom. The zero-order chi connectivity index (χ0) is 9.68. The van der Waals surface area contributed by atoms with E-state index in [0.717, 1.165) is 18.4 Å². The predicted octanol–water partition coefficient (Wildman–Crippen LogP) is 1.70. The average Bonchev–Trinajstić information content (AvgIpc) is 2.53. The fourth-order valence-electron chi connectivity index (χ4n) is 2.09. The van der Waals surface area contributed by atoms with Crippen molar-refractivity contribution in [2.45, 2.75) is 33.1 Å². The first-order valence-electron chi connectivity index (χ1n) is 5.66. The zero-order valence-corrected chi connectivity index (χ0v) is 9.13. The van der Waals surface area contributed by atoms with Gasteiger partial charge in [0.2, 0.25) is 0 Å². The van der Waals surface area contributed by atoms with Gasteiger partial charge in [-0.1, -0.05) is 13.8 Å². The normalized spacial score (nSPS) is 24.5. The summed E-state index contributed by atoms with van der Waals surface area (Å²) in [4.78, 5) is 2.60. The molecule has 0 spiro atoms. The van der Waals surface area contributed by atoms with E-state index in [4.69, 9.17) is 5.73 Å². The van der Waals surface area contributed by atoms with Gasteiger partial charge in [-0.05, 0) is 50.7 Å². The number of rotatable bonds is 5. The Morgan fingerprint density at radius 2 is 2.15 bits per heavy atom. The second kappa shape index (κ2) is 5.61. The molecular weight excluding hydrogens is 160 g/mol. The van der Waals surface area contributed by atoms with Crippen molar-refractivity contribution in [1.82, 2.24) is 4.90 Å². The monoisotopic (exact) mass is 184 g/mol. The van der Waals surface area contributed by atoms with E-state index in [0.29, 0.717) is 0 Å². The second-order valence-electron chi connectivity index (χ2n) is 4.59. The molecule has 1 atom stereocenters. The number of hydrogen-bond donors (Lipinski definition) is 1. The molecule has 1 saturated heterocycles. The minimum Gasteiger partial charge on any atom is -0.330 e. The van der Waals surface area contributed by atoms with Crippen molar-refractivity contribution in [2.24, 2.45) is 17.6 Å². The van der Waals surface area contributed by atoms with Crippen LogP contribution < -0.4 is 5.73 Å². The third-order valence-electron chi connectivity index (χ3n) is 3.18. The first-order valence-corrected chi connectivity index (χ1v) is 5.66. The van der Waals surface area contributed by atoms with Gasteiger partial charge in [0.25, 0.3) is 0 Å². The molecule has 2 N–H and O–H groups in total. The van der Waals surface area contributed by atoms with Gasteiger partial charge in [0.15, 0.2) is 0 Å². The van der Waals surface area contributed by atoms with E-state index >= 15 is 0 Å². The topological polar surface area (TPSA) is 29.3 Å². The Morgan fingerprint density at radius 1 is 1.38 bits per heavy atom. The maximum atomic E-state index is 5.47. The lowest BCUT2D eigenvalue weighted by Gasteiger charge is -2.17. The highest BCUT2D eigenvalue weighted by Crippen LogP contribution is 2.23. The minimum atomic E-state index is 0.849. The van der Waals surface area contributed by atoms with Crippen LogP contribution in [-0.4, -0.2) is 31.1 Å². The molecule has 0 bridgehead atoms. The Bertz CT molecular complexity index is 134. The summed E-state index contributed by atoms with van der Waals surface area (Å²) in [6.45, 7) is 9.43. The number of nitrogens with two attached hydrogens (primary N) is 1. The molecule has 1 aliphatic heterocycles. The molecular formula is C11H24N2. The number of hydrogen-bond acceptors (Lipinski definition) is 2. The Balaban J connectivity index is 2.10. The van der Waals surface area contributed by atoms with Crippen LogP contribution in [0.2, 0.25) is 0 Å². The lowest BCUT2D eigenvalue weighted by molar-refractivity contribution is 0.298. The molecule has 1 unspecified atom stereocenters. The third kappa shape index (κ3) is 3.65. The number of nitrogens with zero attached hydrogens (tertiary/aromatic N) is 1. The van der Waals surface area contributed by atoms with Gasteiger partial charge in [-0.15, -0.1) is 0 Å². The molecule has 2 nitrogen and oxygen atoms in total. The van der Waals surface area contributed by atoms with Crippen LogP contribution in [0.3, 0.4) is 0 Å². The number of unbranched alkanes of at least 4 members (excludes halogenated alkanes) is 1. The molecule has 0 aromatic rings. The molecule has 1 rings (SSSR count). The van der Waals surface area contributed by atoms with Gasteiger partial charge in [-0.25, -0.2) is 0 Å². The summed E-state index contributed by atoms with van der Waals surface area (Å²) < 4.78 is 0. The molecule has 0 radical (unpaired) electrons. The zero-order valence-electron chi connectivity index (χ0n) is 9.13. The first-order chi connectivity index (χ1) is 6.24. The summed E-state index contributed by atoms with van der Waals surface area (Å²) in [5.74, 6) is 1.80. The Labute approximate surface area is 82.5 Å². The molecule has 0 saturated carbocycles. The van der Waals surface area contributed by atoms with E-state index in [1.54, 1.807) is 0 Å². The van der Waals surface area contributed by atoms with E-state index in [-0.39, 0.29) is 0 Å². The maximum Gasteiger partial charge on any atom is 0.00126 e. The summed E-state index contributed by atoms with van der Waals surface area (Å²) in [7, 11) is 0. The van der Waals surface area contributed by atoms with Gasteiger partial charge in [0.1, 0.15) is 0 Å². The second-order valence-corrected chi connectivity index (χ2v) is 4.59. The van der Waals surface area contributed by atoms with E-state index in [1.165, 1.54) is 38.9 Å². The van der Waals surface area contributed by atoms with E-state index in [2.05, 4.69) is 18.7 Å². The van der Waals surface area contributed by atoms with Crippen molar-refractivity contribution < 1.29 is 0 Å². The molecule has 78 valence electrons. The molecule has 0 aromatic heterocycles. The van der Waals surface area contributed by atoms with Crippen LogP contribution in [-0.2, 0) is 0 Å². The molecule has 2 heteroatoms. The molecule has 1 aliphatic rings. The van der Waals surface area contributed by atoms with Gasteiger partial charge in [-0.3, -0.25) is 0 Å². The summed E-state index contributed by atoms with van der Waals surface area (Å²) in [5.41, 5.74) is 5.47. The van der Waals surface area contributed by atoms with Crippen LogP contribution in [0.25, 0.3) is 0 Å². The summed E-state index contributed by atoms with van der Waals surface area (Å²) >= 11 is 0. The fourth-order valence-corrected chi connectivity index (χ4v) is 2.09. The van der Waals surface area contributed by atoms with Gasteiger partial charge in [-0.2, -0.15) is 0 Å². The van der Waals surface area contributed by atoms with Crippen LogP contribution in [0.4, 0.5) is 0 Å². The smallest absolute Gasteiger partial charge is 0.00126 e. The third-order valence-corrected chi connectivity index (χ3v) is 3.18. The quantitative estimate of drug-likeness (QED) is 0.659. The van der Waals surface area contributed by atoms with Crippen molar-refractivity contribution in [3.63, 3.8) is 0 Å². The Hall–Kier alpha value is -0.0800. The Kier molecular flexibility index (Phi) is 4.74. The lowest BCUT2D eigenvalue weighted by Crippen LogP contribution is -2.23. The minimum absolute atomic E-state index is 0.849. The lowest BCUT2D eigenvalue weighted by atomic mass is 9.95. The summed E-state index contributed by atoms with van der Waals surface area (Å²) in [6.07, 6.45) is 3.87. The van der Waals surface area contributed by atoms with Crippen molar-refractivity contribution >= 4 is 0 Å². The molecule has 0 amide bonds. The molecule has 1 fully saturated rings. The highest BCUT2D eigenvalue weighted by molar-refractivity contribution is 4.77. The van der Waals surface area contributed by atoms with Crippen molar-refractivity contribution in [2.75, 3.05) is 26.2 Å². The molecule has 0 aromatic carbocycles. The van der Waals surface area contributed by atoms with Crippen molar-refractivity contribution in [1.29, 1.82) is 0 Å². The average molecular weight is 184 g/mol. The van der Waals surface area contributed by atoms with E-state index in [9.17, 15) is 0 Å². The van der Waals surface area contributed by atoms with E-state index in [1.807, 2.05) is 0 Å². The fraction of sp³-hybridized carbons (Fsp3) is 1.00. The summed E-state index contributed by atoms with van der Waals surface area (Å²) in [5, 5.41) is 0. The highest BCUT2D eigenvalue weighted by Gasteiger charge is 2.23. The van der Waals surface area contributed by atoms with Gasteiger partial charge < -0.3 is 10.6 Å². The molecule has 13 heavy (non-hydrogen) atoms. The molecule has 1 heterocycles. The summed E-state index contributed by atoms with van der Waals surface area (Å²) in [6, 6.07) is 0. The predicted molar refractivity (Wildman–Crippen MR) is 57.7 cm³/mol. The highest BCUT2D eigenvalue weighted by atomic mass is 15.1.